The van der Waals surface area contributed by atoms with Crippen LogP contribution in [0, 0.1) is 11.8 Å². The van der Waals surface area contributed by atoms with Gasteiger partial charge in [-0.25, -0.2) is 0 Å². The van der Waals surface area contributed by atoms with E-state index < -0.39 is 17.8 Å². The third-order valence-corrected chi connectivity index (χ3v) is 4.87. The molecule has 0 aromatic carbocycles. The molecule has 0 saturated carbocycles. The Balaban J connectivity index is 1.69. The zero-order valence-corrected chi connectivity index (χ0v) is 11.9. The lowest BCUT2D eigenvalue weighted by atomic mass is 9.82. The molecule has 6 nitrogen and oxygen atoms in total. The lowest BCUT2D eigenvalue weighted by Gasteiger charge is -2.40. The first-order chi connectivity index (χ1) is 10.1. The highest BCUT2D eigenvalue weighted by Gasteiger charge is 2.41. The van der Waals surface area contributed by atoms with E-state index in [-0.39, 0.29) is 17.9 Å². The summed E-state index contributed by atoms with van der Waals surface area (Å²) in [6.07, 6.45) is 6.03. The number of fused-ring (bicyclic) bond motifs is 1. The number of amides is 2. The normalized spacial score (nSPS) is 32.2. The first kappa shape index (κ1) is 14.1. The number of rotatable bonds is 2. The van der Waals surface area contributed by atoms with Crippen LogP contribution in [0.5, 0.6) is 0 Å². The number of carbonyl (C=O) groups is 3. The minimum atomic E-state index is -0.896. The zero-order chi connectivity index (χ0) is 15.0. The molecule has 6 heteroatoms. The number of aliphatic carboxylic acids is 1. The van der Waals surface area contributed by atoms with E-state index in [4.69, 9.17) is 0 Å². The Morgan fingerprint density at radius 1 is 1.14 bits per heavy atom. The fraction of sp³-hybridized carbons (Fsp3) is 0.667. The summed E-state index contributed by atoms with van der Waals surface area (Å²) in [5.41, 5.74) is 0. The van der Waals surface area contributed by atoms with Crippen molar-refractivity contribution in [2.45, 2.75) is 31.7 Å². The predicted octanol–water partition coefficient (Wildman–Crippen LogP) is 0.487. The maximum atomic E-state index is 12.7. The van der Waals surface area contributed by atoms with Gasteiger partial charge in [0.15, 0.2) is 0 Å². The summed E-state index contributed by atoms with van der Waals surface area (Å²) in [7, 11) is 0. The SMILES string of the molecule is O=C(O)[C@H]1CC=CC[C@H]1C(=O)N1CCN2C(=O)CCC2C1. The molecule has 1 unspecified atom stereocenters. The molecule has 0 aromatic heterocycles. The van der Waals surface area contributed by atoms with E-state index in [9.17, 15) is 19.5 Å². The third-order valence-electron chi connectivity index (χ3n) is 4.87. The molecule has 3 atom stereocenters. The molecule has 0 aromatic rings. The molecule has 2 heterocycles. The number of carbonyl (C=O) groups excluding carboxylic acids is 2. The van der Waals surface area contributed by atoms with Gasteiger partial charge in [0.25, 0.3) is 0 Å². The fourth-order valence-electron chi connectivity index (χ4n) is 3.66. The van der Waals surface area contributed by atoms with Crippen molar-refractivity contribution in [3.05, 3.63) is 12.2 Å². The Bertz CT molecular complexity index is 502. The van der Waals surface area contributed by atoms with Gasteiger partial charge in [0.1, 0.15) is 0 Å². The van der Waals surface area contributed by atoms with Gasteiger partial charge in [-0.2, -0.15) is 0 Å². The van der Waals surface area contributed by atoms with Crippen molar-refractivity contribution < 1.29 is 19.5 Å². The van der Waals surface area contributed by atoms with Crippen LogP contribution in [0.15, 0.2) is 12.2 Å². The van der Waals surface area contributed by atoms with Gasteiger partial charge in [-0.3, -0.25) is 14.4 Å². The number of nitrogens with zero attached hydrogens (tertiary/aromatic N) is 2. The van der Waals surface area contributed by atoms with Crippen LogP contribution in [0.3, 0.4) is 0 Å². The molecule has 1 N–H and O–H groups in total. The maximum Gasteiger partial charge on any atom is 0.307 e. The van der Waals surface area contributed by atoms with Crippen molar-refractivity contribution in [2.75, 3.05) is 19.6 Å². The van der Waals surface area contributed by atoms with E-state index >= 15 is 0 Å². The molecule has 3 aliphatic rings. The van der Waals surface area contributed by atoms with Gasteiger partial charge in [0.2, 0.25) is 11.8 Å². The summed E-state index contributed by atoms with van der Waals surface area (Å²) in [4.78, 5) is 39.3. The summed E-state index contributed by atoms with van der Waals surface area (Å²) in [5, 5.41) is 9.28. The second-order valence-electron chi connectivity index (χ2n) is 6.06. The zero-order valence-electron chi connectivity index (χ0n) is 11.9. The molecule has 2 saturated heterocycles. The fourth-order valence-corrected chi connectivity index (χ4v) is 3.66. The van der Waals surface area contributed by atoms with E-state index in [0.717, 1.165) is 6.42 Å². The highest BCUT2D eigenvalue weighted by molar-refractivity contribution is 5.86. The summed E-state index contributed by atoms with van der Waals surface area (Å²) in [6.45, 7) is 1.65. The lowest BCUT2D eigenvalue weighted by Crippen LogP contribution is -2.55. The third kappa shape index (κ3) is 2.54. The molecule has 0 radical (unpaired) electrons. The average molecular weight is 292 g/mol. The molecular weight excluding hydrogens is 272 g/mol. The Kier molecular flexibility index (Phi) is 3.69. The van der Waals surface area contributed by atoms with E-state index in [1.165, 1.54) is 0 Å². The van der Waals surface area contributed by atoms with Gasteiger partial charge in [-0.1, -0.05) is 12.2 Å². The molecule has 114 valence electrons. The van der Waals surface area contributed by atoms with Crippen LogP contribution in [-0.4, -0.2) is 58.4 Å². The second kappa shape index (κ2) is 5.50. The quantitative estimate of drug-likeness (QED) is 0.751. The largest absolute Gasteiger partial charge is 0.481 e. The van der Waals surface area contributed by atoms with Crippen LogP contribution < -0.4 is 0 Å². The van der Waals surface area contributed by atoms with Gasteiger partial charge < -0.3 is 14.9 Å². The molecule has 2 aliphatic heterocycles. The molecule has 2 amide bonds. The monoisotopic (exact) mass is 292 g/mol. The van der Waals surface area contributed by atoms with Crippen LogP contribution in [0.1, 0.15) is 25.7 Å². The number of allylic oxidation sites excluding steroid dienone is 2. The molecule has 2 fully saturated rings. The minimum absolute atomic E-state index is 0.0641. The van der Waals surface area contributed by atoms with Crippen molar-refractivity contribution >= 4 is 17.8 Å². The minimum Gasteiger partial charge on any atom is -0.481 e. The van der Waals surface area contributed by atoms with Crippen LogP contribution in [-0.2, 0) is 14.4 Å². The molecule has 21 heavy (non-hydrogen) atoms. The van der Waals surface area contributed by atoms with Gasteiger partial charge in [0.05, 0.1) is 11.8 Å². The predicted molar refractivity (Wildman–Crippen MR) is 74.3 cm³/mol. The Hall–Kier alpha value is -1.85. The van der Waals surface area contributed by atoms with Crippen molar-refractivity contribution in [3.8, 4) is 0 Å². The summed E-state index contributed by atoms with van der Waals surface area (Å²) < 4.78 is 0. The smallest absolute Gasteiger partial charge is 0.307 e. The lowest BCUT2D eigenvalue weighted by molar-refractivity contribution is -0.152. The molecular formula is C15H20N2O4. The second-order valence-corrected chi connectivity index (χ2v) is 6.06. The standard InChI is InChI=1S/C15H20N2O4/c18-13-6-5-10-9-16(7-8-17(10)13)14(19)11-3-1-2-4-12(11)15(20)21/h1-2,10-12H,3-9H2,(H,20,21)/t10?,11-,12+/m1/s1. The van der Waals surface area contributed by atoms with Crippen LogP contribution in [0.4, 0.5) is 0 Å². The maximum absolute atomic E-state index is 12.7. The summed E-state index contributed by atoms with van der Waals surface area (Å²) in [6, 6.07) is 0.123. The first-order valence-electron chi connectivity index (χ1n) is 7.54. The highest BCUT2D eigenvalue weighted by atomic mass is 16.4. The van der Waals surface area contributed by atoms with Crippen molar-refractivity contribution in [1.82, 2.24) is 9.80 Å². The summed E-state index contributed by atoms with van der Waals surface area (Å²) >= 11 is 0. The van der Waals surface area contributed by atoms with Crippen molar-refractivity contribution in [3.63, 3.8) is 0 Å². The number of carboxylic acid groups (broad SMARTS) is 1. The molecule has 1 aliphatic carbocycles. The van der Waals surface area contributed by atoms with Crippen LogP contribution >= 0.6 is 0 Å². The van der Waals surface area contributed by atoms with Crippen molar-refractivity contribution in [2.24, 2.45) is 11.8 Å². The Morgan fingerprint density at radius 3 is 2.57 bits per heavy atom. The number of carboxylic acids is 1. The van der Waals surface area contributed by atoms with Gasteiger partial charge >= 0.3 is 5.97 Å². The van der Waals surface area contributed by atoms with Crippen molar-refractivity contribution in [1.29, 1.82) is 0 Å². The Morgan fingerprint density at radius 2 is 1.86 bits per heavy atom. The van der Waals surface area contributed by atoms with E-state index in [1.807, 2.05) is 17.1 Å². The Labute approximate surface area is 123 Å². The van der Waals surface area contributed by atoms with Gasteiger partial charge in [-0.05, 0) is 19.3 Å². The number of piperazine rings is 1. The van der Waals surface area contributed by atoms with Crippen LogP contribution in [0.25, 0.3) is 0 Å². The van der Waals surface area contributed by atoms with E-state index in [0.29, 0.717) is 38.9 Å². The molecule has 3 rings (SSSR count). The average Bonchev–Trinajstić information content (AvgIpc) is 2.87. The summed E-state index contributed by atoms with van der Waals surface area (Å²) in [5.74, 6) is -1.86. The number of hydrogen-bond donors (Lipinski definition) is 1. The van der Waals surface area contributed by atoms with Gasteiger partial charge in [0, 0.05) is 32.1 Å². The number of hydrogen-bond acceptors (Lipinski definition) is 3. The molecule has 0 bridgehead atoms. The van der Waals surface area contributed by atoms with Gasteiger partial charge in [-0.15, -0.1) is 0 Å². The topological polar surface area (TPSA) is 77.9 Å². The van der Waals surface area contributed by atoms with E-state index in [2.05, 4.69) is 0 Å². The highest BCUT2D eigenvalue weighted by Crippen LogP contribution is 2.30. The first-order valence-corrected chi connectivity index (χ1v) is 7.54. The van der Waals surface area contributed by atoms with E-state index in [1.54, 1.807) is 4.90 Å². The molecule has 0 spiro atoms. The van der Waals surface area contributed by atoms with Crippen LogP contribution in [0.2, 0.25) is 0 Å².